The standard InChI is InChI=1S/C25H27N5O5/c26-25(30-35)27-15-7-12-20(24(33)34)29-23(32)18-13-14-19(28-22(18)31)21(16-8-3-1-4-9-16)17-10-5-2-6-11-17/h1-6,8-11,13-14,20-21,35H,7,12,15H2,(H,28,31)(H,29,32)(H,33,34)(H3,26,27,30)/t20-/m0/s1. The van der Waals surface area contributed by atoms with Gasteiger partial charge in [-0.2, -0.15) is 0 Å². The third kappa shape index (κ3) is 6.78. The number of aliphatic carboxylic acids is 1. The lowest BCUT2D eigenvalue weighted by Crippen LogP contribution is -2.43. The van der Waals surface area contributed by atoms with Gasteiger partial charge in [-0.15, -0.1) is 0 Å². The smallest absolute Gasteiger partial charge is 0.326 e. The first kappa shape index (κ1) is 25.2. The molecule has 2 aromatic carbocycles. The highest BCUT2D eigenvalue weighted by atomic mass is 16.5. The van der Waals surface area contributed by atoms with Crippen molar-refractivity contribution in [1.29, 1.82) is 5.41 Å². The maximum absolute atomic E-state index is 12.8. The molecule has 0 aliphatic rings. The number of aromatic nitrogens is 1. The van der Waals surface area contributed by atoms with E-state index >= 15 is 0 Å². The SMILES string of the molecule is N=C(NO)NCCC[C@H](NC(=O)c1ccc(C(c2ccccc2)c2ccccc2)[nH]c1=O)C(=O)O. The monoisotopic (exact) mass is 477 g/mol. The van der Waals surface area contributed by atoms with E-state index in [0.29, 0.717) is 12.1 Å². The van der Waals surface area contributed by atoms with Crippen LogP contribution in [0, 0.1) is 5.41 Å². The maximum atomic E-state index is 12.8. The summed E-state index contributed by atoms with van der Waals surface area (Å²) in [6.07, 6.45) is 0.360. The first-order chi connectivity index (χ1) is 16.9. The van der Waals surface area contributed by atoms with E-state index in [1.165, 1.54) is 6.07 Å². The van der Waals surface area contributed by atoms with Gasteiger partial charge in [0.1, 0.15) is 11.6 Å². The van der Waals surface area contributed by atoms with Crippen molar-refractivity contribution in [2.24, 2.45) is 0 Å². The van der Waals surface area contributed by atoms with Crippen molar-refractivity contribution in [2.75, 3.05) is 6.54 Å². The van der Waals surface area contributed by atoms with E-state index < -0.39 is 23.5 Å². The van der Waals surface area contributed by atoms with Crippen LogP contribution in [0.2, 0.25) is 0 Å². The summed E-state index contributed by atoms with van der Waals surface area (Å²) in [5.74, 6) is -2.61. The van der Waals surface area contributed by atoms with Crippen molar-refractivity contribution in [3.8, 4) is 0 Å². The summed E-state index contributed by atoms with van der Waals surface area (Å²) in [5, 5.41) is 30.1. The van der Waals surface area contributed by atoms with E-state index in [9.17, 15) is 19.5 Å². The van der Waals surface area contributed by atoms with Crippen LogP contribution in [-0.2, 0) is 4.79 Å². The van der Waals surface area contributed by atoms with E-state index in [-0.39, 0.29) is 30.4 Å². The Hall–Kier alpha value is -4.44. The third-order valence-corrected chi connectivity index (χ3v) is 5.44. The predicted molar refractivity (Wildman–Crippen MR) is 130 cm³/mol. The molecule has 0 fully saturated rings. The summed E-state index contributed by atoms with van der Waals surface area (Å²) in [7, 11) is 0. The van der Waals surface area contributed by atoms with E-state index in [1.54, 1.807) is 11.5 Å². The molecule has 1 heterocycles. The van der Waals surface area contributed by atoms with Gasteiger partial charge in [0.2, 0.25) is 5.96 Å². The van der Waals surface area contributed by atoms with Crippen LogP contribution < -0.4 is 21.7 Å². The van der Waals surface area contributed by atoms with Gasteiger partial charge in [-0.1, -0.05) is 60.7 Å². The molecule has 0 bridgehead atoms. The zero-order valence-corrected chi connectivity index (χ0v) is 18.8. The van der Waals surface area contributed by atoms with Crippen molar-refractivity contribution in [3.63, 3.8) is 0 Å². The molecular weight excluding hydrogens is 450 g/mol. The highest BCUT2D eigenvalue weighted by molar-refractivity contribution is 5.96. The van der Waals surface area contributed by atoms with Crippen molar-refractivity contribution in [1.82, 2.24) is 21.1 Å². The number of hydrogen-bond donors (Lipinski definition) is 7. The fraction of sp³-hybridized carbons (Fsp3) is 0.200. The Morgan fingerprint density at radius 1 is 0.943 bits per heavy atom. The summed E-state index contributed by atoms with van der Waals surface area (Å²) < 4.78 is 0. The molecule has 182 valence electrons. The van der Waals surface area contributed by atoms with Crippen LogP contribution in [0.5, 0.6) is 0 Å². The zero-order chi connectivity index (χ0) is 25.2. The molecule has 3 rings (SSSR count). The van der Waals surface area contributed by atoms with E-state index in [2.05, 4.69) is 15.6 Å². The largest absolute Gasteiger partial charge is 0.480 e. The Labute approximate surface area is 201 Å². The number of nitrogens with one attached hydrogen (secondary N) is 5. The van der Waals surface area contributed by atoms with Gasteiger partial charge in [0, 0.05) is 18.2 Å². The fourth-order valence-electron chi connectivity index (χ4n) is 3.73. The number of amides is 1. The molecule has 0 aliphatic carbocycles. The van der Waals surface area contributed by atoms with Crippen LogP contribution in [0.3, 0.4) is 0 Å². The van der Waals surface area contributed by atoms with E-state index in [4.69, 9.17) is 10.6 Å². The second-order valence-electron chi connectivity index (χ2n) is 7.83. The summed E-state index contributed by atoms with van der Waals surface area (Å²) >= 11 is 0. The van der Waals surface area contributed by atoms with Gasteiger partial charge in [-0.25, -0.2) is 10.3 Å². The Kier molecular flexibility index (Phi) is 8.74. The molecule has 0 aliphatic heterocycles. The van der Waals surface area contributed by atoms with Gasteiger partial charge in [0.15, 0.2) is 0 Å². The van der Waals surface area contributed by atoms with Crippen LogP contribution in [0.1, 0.15) is 45.9 Å². The average Bonchev–Trinajstić information content (AvgIpc) is 2.87. The summed E-state index contributed by atoms with van der Waals surface area (Å²) in [5.41, 5.74) is 3.34. The predicted octanol–water partition coefficient (Wildman–Crippen LogP) is 2.02. The molecule has 7 N–H and O–H groups in total. The molecule has 3 aromatic rings. The normalized spacial score (nSPS) is 11.5. The molecule has 35 heavy (non-hydrogen) atoms. The fourth-order valence-corrected chi connectivity index (χ4v) is 3.73. The van der Waals surface area contributed by atoms with Crippen LogP contribution in [0.15, 0.2) is 77.6 Å². The van der Waals surface area contributed by atoms with Crippen molar-refractivity contribution < 1.29 is 19.9 Å². The number of H-pyrrole nitrogens is 1. The first-order valence-electron chi connectivity index (χ1n) is 11.0. The molecule has 0 radical (unpaired) electrons. The van der Waals surface area contributed by atoms with Crippen molar-refractivity contribution >= 4 is 17.8 Å². The lowest BCUT2D eigenvalue weighted by atomic mass is 9.88. The van der Waals surface area contributed by atoms with Crippen LogP contribution in [0.25, 0.3) is 0 Å². The molecule has 10 nitrogen and oxygen atoms in total. The van der Waals surface area contributed by atoms with Crippen molar-refractivity contribution in [3.05, 3.63) is 106 Å². The minimum absolute atomic E-state index is 0.0624. The molecule has 0 saturated heterocycles. The Morgan fingerprint density at radius 3 is 2.06 bits per heavy atom. The highest BCUT2D eigenvalue weighted by Gasteiger charge is 2.23. The summed E-state index contributed by atoms with van der Waals surface area (Å²) in [6.45, 7) is 0.210. The minimum Gasteiger partial charge on any atom is -0.480 e. The number of hydrogen-bond acceptors (Lipinski definition) is 5. The Bertz CT molecular complexity index is 1170. The number of carbonyl (C=O) groups is 2. The van der Waals surface area contributed by atoms with Crippen molar-refractivity contribution in [2.45, 2.75) is 24.8 Å². The number of carbonyl (C=O) groups excluding carboxylic acids is 1. The molecule has 1 amide bonds. The lowest BCUT2D eigenvalue weighted by Gasteiger charge is -2.19. The highest BCUT2D eigenvalue weighted by Crippen LogP contribution is 2.30. The molecule has 10 heteroatoms. The average molecular weight is 478 g/mol. The van der Waals surface area contributed by atoms with Gasteiger partial charge in [0.25, 0.3) is 11.5 Å². The second-order valence-corrected chi connectivity index (χ2v) is 7.83. The molecule has 0 saturated carbocycles. The second kappa shape index (κ2) is 12.1. The zero-order valence-electron chi connectivity index (χ0n) is 18.8. The van der Waals surface area contributed by atoms with Gasteiger partial charge >= 0.3 is 5.97 Å². The summed E-state index contributed by atoms with van der Waals surface area (Å²) in [6, 6.07) is 21.1. The number of benzene rings is 2. The number of rotatable bonds is 10. The van der Waals surface area contributed by atoms with E-state index in [1.807, 2.05) is 60.7 Å². The Balaban J connectivity index is 1.78. The summed E-state index contributed by atoms with van der Waals surface area (Å²) in [4.78, 5) is 39.9. The van der Waals surface area contributed by atoms with E-state index in [0.717, 1.165) is 11.1 Å². The quantitative estimate of drug-likeness (QED) is 0.101. The lowest BCUT2D eigenvalue weighted by molar-refractivity contribution is -0.139. The number of pyridine rings is 1. The molecule has 1 atom stereocenters. The molecular formula is C25H27N5O5. The van der Waals surface area contributed by atoms with Crippen LogP contribution in [-0.4, -0.2) is 45.7 Å². The number of guanidine groups is 1. The maximum Gasteiger partial charge on any atom is 0.326 e. The Morgan fingerprint density at radius 2 is 1.54 bits per heavy atom. The molecule has 1 aromatic heterocycles. The molecule has 0 unspecified atom stereocenters. The molecule has 0 spiro atoms. The van der Waals surface area contributed by atoms with Crippen LogP contribution >= 0.6 is 0 Å². The first-order valence-corrected chi connectivity index (χ1v) is 11.0. The number of hydroxylamine groups is 1. The van der Waals surface area contributed by atoms with Gasteiger partial charge < -0.3 is 20.7 Å². The number of carboxylic acid groups (broad SMARTS) is 1. The van der Waals surface area contributed by atoms with Gasteiger partial charge in [-0.05, 0) is 36.1 Å². The number of aromatic amines is 1. The third-order valence-electron chi connectivity index (χ3n) is 5.44. The number of carboxylic acids is 1. The topological polar surface area (TPSA) is 167 Å². The van der Waals surface area contributed by atoms with Gasteiger partial charge in [-0.3, -0.25) is 20.2 Å². The van der Waals surface area contributed by atoms with Gasteiger partial charge in [0.05, 0.1) is 0 Å². The minimum atomic E-state index is -1.24. The van der Waals surface area contributed by atoms with Crippen LogP contribution in [0.4, 0.5) is 0 Å².